The third-order valence-electron chi connectivity index (χ3n) is 4.38. The molecular formula is C20H28N6O2S. The van der Waals surface area contributed by atoms with Gasteiger partial charge in [-0.1, -0.05) is 13.0 Å². The van der Waals surface area contributed by atoms with E-state index in [1.165, 1.54) is 24.4 Å². The van der Waals surface area contributed by atoms with Gasteiger partial charge in [0.1, 0.15) is 17.8 Å². The van der Waals surface area contributed by atoms with Crippen molar-refractivity contribution in [2.24, 2.45) is 4.99 Å². The van der Waals surface area contributed by atoms with Gasteiger partial charge in [0.05, 0.1) is 13.0 Å². The molecule has 9 heteroatoms. The Bertz CT molecular complexity index is 874. The molecule has 2 rings (SSSR count). The molecule has 29 heavy (non-hydrogen) atoms. The standard InChI is InChI=1S/C20H28N6O2S/c1-6-15-9-13(2)17(10-16(15)28-5)29-12-26(8-7-23-14(3)27)20-18(22-4)19(21)24-11-25-20/h9-11H,4,6-8,12H2,1-3,5H3,(H,23,27)(H2,21,24,25). The minimum atomic E-state index is -0.0855. The number of nitrogens with two attached hydrogens (primary N) is 1. The van der Waals surface area contributed by atoms with Crippen molar-refractivity contribution in [3.8, 4) is 5.75 Å². The van der Waals surface area contributed by atoms with Gasteiger partial charge < -0.3 is 20.7 Å². The minimum absolute atomic E-state index is 0.0855. The van der Waals surface area contributed by atoms with E-state index in [0.717, 1.165) is 17.1 Å². The van der Waals surface area contributed by atoms with E-state index in [-0.39, 0.29) is 11.7 Å². The Labute approximate surface area is 176 Å². The van der Waals surface area contributed by atoms with Crippen molar-refractivity contribution in [2.45, 2.75) is 32.1 Å². The zero-order chi connectivity index (χ0) is 21.4. The molecule has 1 aromatic carbocycles. The average molecular weight is 417 g/mol. The quantitative estimate of drug-likeness (QED) is 0.348. The molecule has 8 nitrogen and oxygen atoms in total. The number of aryl methyl sites for hydroxylation is 2. The number of carbonyl (C=O) groups is 1. The van der Waals surface area contributed by atoms with E-state index in [1.54, 1.807) is 18.9 Å². The van der Waals surface area contributed by atoms with Gasteiger partial charge in [-0.2, -0.15) is 0 Å². The van der Waals surface area contributed by atoms with Crippen LogP contribution in [0.2, 0.25) is 0 Å². The lowest BCUT2D eigenvalue weighted by molar-refractivity contribution is -0.118. The van der Waals surface area contributed by atoms with Crippen LogP contribution in [-0.2, 0) is 11.2 Å². The number of rotatable bonds is 10. The largest absolute Gasteiger partial charge is 0.496 e. The Morgan fingerprint density at radius 2 is 2.17 bits per heavy atom. The molecular weight excluding hydrogens is 388 g/mol. The number of nitrogen functional groups attached to an aromatic ring is 1. The number of nitrogens with one attached hydrogen (secondary N) is 1. The van der Waals surface area contributed by atoms with Crippen LogP contribution in [-0.4, -0.2) is 48.7 Å². The van der Waals surface area contributed by atoms with Crippen molar-refractivity contribution in [1.82, 2.24) is 15.3 Å². The summed E-state index contributed by atoms with van der Waals surface area (Å²) in [4.78, 5) is 26.7. The molecule has 0 spiro atoms. The lowest BCUT2D eigenvalue weighted by Gasteiger charge is -2.25. The number of aliphatic imine (C=N–C) groups is 1. The Hall–Kier alpha value is -2.81. The summed E-state index contributed by atoms with van der Waals surface area (Å²) in [5.41, 5.74) is 8.74. The zero-order valence-electron chi connectivity index (χ0n) is 17.4. The summed E-state index contributed by atoms with van der Waals surface area (Å²) in [7, 11) is 1.68. The first-order chi connectivity index (χ1) is 13.9. The van der Waals surface area contributed by atoms with Crippen molar-refractivity contribution >= 4 is 41.7 Å². The van der Waals surface area contributed by atoms with E-state index < -0.39 is 0 Å². The molecule has 0 atom stereocenters. The number of benzene rings is 1. The molecule has 3 N–H and O–H groups in total. The van der Waals surface area contributed by atoms with Gasteiger partial charge >= 0.3 is 0 Å². The maximum Gasteiger partial charge on any atom is 0.216 e. The first-order valence-electron chi connectivity index (χ1n) is 9.28. The third kappa shape index (κ3) is 5.83. The maximum absolute atomic E-state index is 11.3. The fourth-order valence-electron chi connectivity index (χ4n) is 2.86. The topological polar surface area (TPSA) is 106 Å². The fourth-order valence-corrected chi connectivity index (χ4v) is 3.89. The molecule has 0 bridgehead atoms. The molecule has 1 aromatic heterocycles. The molecule has 0 radical (unpaired) electrons. The molecule has 0 aliphatic rings. The first kappa shape index (κ1) is 22.5. The van der Waals surface area contributed by atoms with E-state index in [2.05, 4.69) is 53.0 Å². The van der Waals surface area contributed by atoms with Crippen LogP contribution in [0, 0.1) is 6.92 Å². The van der Waals surface area contributed by atoms with Gasteiger partial charge in [0.15, 0.2) is 11.6 Å². The number of anilines is 2. The van der Waals surface area contributed by atoms with Gasteiger partial charge in [-0.3, -0.25) is 9.79 Å². The summed E-state index contributed by atoms with van der Waals surface area (Å²) >= 11 is 1.65. The highest BCUT2D eigenvalue weighted by Gasteiger charge is 2.17. The second kappa shape index (κ2) is 10.7. The summed E-state index contributed by atoms with van der Waals surface area (Å²) < 4.78 is 5.53. The van der Waals surface area contributed by atoms with Crippen LogP contribution in [0.5, 0.6) is 5.75 Å². The van der Waals surface area contributed by atoms with E-state index >= 15 is 0 Å². The summed E-state index contributed by atoms with van der Waals surface area (Å²) in [6.45, 7) is 10.3. The van der Waals surface area contributed by atoms with Crippen LogP contribution >= 0.6 is 11.8 Å². The number of nitrogens with zero attached hydrogens (tertiary/aromatic N) is 4. The predicted octanol–water partition coefficient (Wildman–Crippen LogP) is 2.96. The van der Waals surface area contributed by atoms with Crippen LogP contribution in [0.3, 0.4) is 0 Å². The Morgan fingerprint density at radius 1 is 1.41 bits per heavy atom. The summed E-state index contributed by atoms with van der Waals surface area (Å²) in [5.74, 6) is 2.22. The number of thioether (sulfide) groups is 1. The Kier molecular flexibility index (Phi) is 8.26. The SMILES string of the molecule is C=Nc1c(N)ncnc1N(CCNC(C)=O)CSc1cc(OC)c(CC)cc1C. The van der Waals surface area contributed by atoms with Crippen LogP contribution in [0.4, 0.5) is 17.3 Å². The summed E-state index contributed by atoms with van der Waals surface area (Å²) in [6, 6.07) is 4.22. The second-order valence-corrected chi connectivity index (χ2v) is 7.38. The maximum atomic E-state index is 11.3. The number of hydrogen-bond donors (Lipinski definition) is 2. The van der Waals surface area contributed by atoms with Crippen LogP contribution in [0.1, 0.15) is 25.0 Å². The first-order valence-corrected chi connectivity index (χ1v) is 10.3. The number of ether oxygens (including phenoxy) is 1. The number of methoxy groups -OCH3 is 1. The molecule has 0 unspecified atom stereocenters. The van der Waals surface area contributed by atoms with E-state index in [9.17, 15) is 4.79 Å². The fraction of sp³-hybridized carbons (Fsp3) is 0.400. The molecule has 0 saturated carbocycles. The average Bonchev–Trinajstić information content (AvgIpc) is 2.70. The number of hydrogen-bond acceptors (Lipinski definition) is 8. The molecule has 0 fully saturated rings. The van der Waals surface area contributed by atoms with Crippen LogP contribution in [0.25, 0.3) is 0 Å². The van der Waals surface area contributed by atoms with Crippen molar-refractivity contribution in [3.63, 3.8) is 0 Å². The molecule has 2 aromatic rings. The van der Waals surface area contributed by atoms with Gasteiger partial charge in [0.2, 0.25) is 5.91 Å². The zero-order valence-corrected chi connectivity index (χ0v) is 18.2. The summed E-state index contributed by atoms with van der Waals surface area (Å²) in [6.07, 6.45) is 2.31. The normalized spacial score (nSPS) is 10.5. The molecule has 0 aliphatic carbocycles. The number of amides is 1. The van der Waals surface area contributed by atoms with Gasteiger partial charge in [-0.15, -0.1) is 11.8 Å². The minimum Gasteiger partial charge on any atom is -0.496 e. The van der Waals surface area contributed by atoms with Gasteiger partial charge in [-0.25, -0.2) is 9.97 Å². The third-order valence-corrected chi connectivity index (χ3v) is 5.57. The monoisotopic (exact) mass is 416 g/mol. The molecule has 1 heterocycles. The smallest absolute Gasteiger partial charge is 0.216 e. The Morgan fingerprint density at radius 3 is 2.79 bits per heavy atom. The lowest BCUT2D eigenvalue weighted by atomic mass is 10.1. The van der Waals surface area contributed by atoms with Crippen molar-refractivity contribution < 1.29 is 9.53 Å². The molecule has 0 aliphatic heterocycles. The van der Waals surface area contributed by atoms with Crippen LogP contribution in [0.15, 0.2) is 28.3 Å². The van der Waals surface area contributed by atoms with Gasteiger partial charge in [0.25, 0.3) is 0 Å². The van der Waals surface area contributed by atoms with Crippen LogP contribution < -0.4 is 20.7 Å². The summed E-state index contributed by atoms with van der Waals surface area (Å²) in [5, 5.41) is 2.81. The molecule has 156 valence electrons. The van der Waals surface area contributed by atoms with Gasteiger partial charge in [0, 0.05) is 24.9 Å². The highest BCUT2D eigenvalue weighted by molar-refractivity contribution is 7.99. The van der Waals surface area contributed by atoms with Gasteiger partial charge in [-0.05, 0) is 37.3 Å². The lowest BCUT2D eigenvalue weighted by Crippen LogP contribution is -2.34. The van der Waals surface area contributed by atoms with Crippen molar-refractivity contribution in [1.29, 1.82) is 0 Å². The predicted molar refractivity (Wildman–Crippen MR) is 120 cm³/mol. The highest BCUT2D eigenvalue weighted by atomic mass is 32.2. The molecule has 0 saturated heterocycles. The van der Waals surface area contributed by atoms with E-state index in [0.29, 0.717) is 30.5 Å². The number of aromatic nitrogens is 2. The Balaban J connectivity index is 2.28. The second-order valence-electron chi connectivity index (χ2n) is 6.39. The van der Waals surface area contributed by atoms with Crippen molar-refractivity contribution in [2.75, 3.05) is 36.7 Å². The highest BCUT2D eigenvalue weighted by Crippen LogP contribution is 2.34. The van der Waals surface area contributed by atoms with Crippen molar-refractivity contribution in [3.05, 3.63) is 29.6 Å². The number of carbonyl (C=O) groups excluding carboxylic acids is 1. The van der Waals surface area contributed by atoms with E-state index in [1.807, 2.05) is 4.90 Å². The van der Waals surface area contributed by atoms with E-state index in [4.69, 9.17) is 10.5 Å². The molecule has 1 amide bonds.